The van der Waals surface area contributed by atoms with Gasteiger partial charge in [-0.25, -0.2) is 0 Å². The number of likely N-dealkylation sites (N-methyl/N-ethyl adjacent to an activating group) is 3. The van der Waals surface area contributed by atoms with Crippen molar-refractivity contribution in [1.29, 1.82) is 0 Å². The summed E-state index contributed by atoms with van der Waals surface area (Å²) in [5, 5.41) is 19.2. The Labute approximate surface area is 334 Å². The van der Waals surface area contributed by atoms with Gasteiger partial charge in [0.05, 0.1) is 12.6 Å². The molecule has 0 fully saturated rings. The van der Waals surface area contributed by atoms with Gasteiger partial charge in [-0.1, -0.05) is 74.5 Å². The first-order chi connectivity index (χ1) is 26.7. The molecule has 2 aromatic carbocycles. The Morgan fingerprint density at radius 2 is 1.05 bits per heavy atom. The van der Waals surface area contributed by atoms with E-state index in [4.69, 9.17) is 10.8 Å². The topological polar surface area (TPSA) is 241 Å². The number of hydrogen-bond donors (Lipinski definition) is 6. The molecule has 17 nitrogen and oxygen atoms in total. The maximum Gasteiger partial charge on any atom is 0.322 e. The van der Waals surface area contributed by atoms with Crippen LogP contribution in [0.5, 0.6) is 0 Å². The van der Waals surface area contributed by atoms with Gasteiger partial charge >= 0.3 is 5.97 Å². The van der Waals surface area contributed by atoms with Crippen molar-refractivity contribution in [2.75, 3.05) is 34.2 Å². The Hall–Kier alpha value is -5.84. The quantitative estimate of drug-likeness (QED) is 0.0962. The molecule has 57 heavy (non-hydrogen) atoms. The molecular weight excluding hydrogens is 736 g/mol. The largest absolute Gasteiger partial charge is 0.480 e. The van der Waals surface area contributed by atoms with Crippen molar-refractivity contribution in [3.05, 3.63) is 71.8 Å². The molecule has 0 aliphatic rings. The number of aliphatic carboxylic acids is 1. The second-order valence-corrected chi connectivity index (χ2v) is 14.5. The second-order valence-electron chi connectivity index (χ2n) is 14.5. The van der Waals surface area contributed by atoms with Crippen LogP contribution < -0.4 is 27.0 Å². The fraction of sp³-hybridized carbons (Fsp3) is 0.500. The highest BCUT2D eigenvalue weighted by molar-refractivity contribution is 5.97. The lowest BCUT2D eigenvalue weighted by atomic mass is 10.0. The van der Waals surface area contributed by atoms with Crippen LogP contribution in [0.25, 0.3) is 0 Å². The lowest BCUT2D eigenvalue weighted by Crippen LogP contribution is -2.59. The van der Waals surface area contributed by atoms with Crippen LogP contribution in [0.2, 0.25) is 0 Å². The van der Waals surface area contributed by atoms with Crippen molar-refractivity contribution >= 4 is 47.3 Å². The van der Waals surface area contributed by atoms with Crippen molar-refractivity contribution in [2.45, 2.75) is 90.1 Å². The number of nitrogens with zero attached hydrogens (tertiary/aromatic N) is 3. The molecule has 6 atom stereocenters. The van der Waals surface area contributed by atoms with Crippen molar-refractivity contribution in [2.24, 2.45) is 11.7 Å². The Bertz CT molecular complexity index is 1710. The highest BCUT2D eigenvalue weighted by atomic mass is 16.4. The average molecular weight is 795 g/mol. The first-order valence-electron chi connectivity index (χ1n) is 18.7. The molecule has 7 amide bonds. The predicted molar refractivity (Wildman–Crippen MR) is 212 cm³/mol. The van der Waals surface area contributed by atoms with E-state index in [1.165, 1.54) is 51.7 Å². The molecule has 0 saturated heterocycles. The molecule has 312 valence electrons. The zero-order valence-corrected chi connectivity index (χ0v) is 34.0. The molecule has 0 aliphatic carbocycles. The second kappa shape index (κ2) is 22.6. The van der Waals surface area contributed by atoms with E-state index in [0.717, 1.165) is 10.5 Å². The number of nitrogens with two attached hydrogens (primary N) is 1. The summed E-state index contributed by atoms with van der Waals surface area (Å²) in [6, 6.07) is 11.4. The molecule has 0 aromatic heterocycles. The standard InChI is InChI=1S/C40H58N8O9/c1-24(2)19-31(39(56)46(6)26(4)36(53)44-30(38(55)43-23-34(50)51)20-28-15-11-9-12-16-28)45-37(54)27(5)47(7)40(57)32(21-29-17-13-10-14-18-29)48(8)33(49)22-42-35(52)25(3)41/h9-18,24-27,30-32H,19-23,41H2,1-8H3,(H,42,52)(H,43,55)(H,44,53)(H,45,54)(H,50,51)/t25-,26-,27-,30-,31-,32-/m0/s1. The van der Waals surface area contributed by atoms with Gasteiger partial charge in [0.2, 0.25) is 41.4 Å². The smallest absolute Gasteiger partial charge is 0.322 e. The first-order valence-corrected chi connectivity index (χ1v) is 18.7. The molecule has 0 radical (unpaired) electrons. The number of rotatable bonds is 21. The molecule has 0 bridgehead atoms. The van der Waals surface area contributed by atoms with Gasteiger partial charge in [-0.3, -0.25) is 38.4 Å². The van der Waals surface area contributed by atoms with Crippen molar-refractivity contribution in [3.63, 3.8) is 0 Å². The highest BCUT2D eigenvalue weighted by Crippen LogP contribution is 2.15. The molecule has 0 saturated carbocycles. The third-order valence-electron chi connectivity index (χ3n) is 9.51. The molecule has 0 aliphatic heterocycles. The van der Waals surface area contributed by atoms with Gasteiger partial charge in [-0.2, -0.15) is 0 Å². The van der Waals surface area contributed by atoms with Crippen LogP contribution >= 0.6 is 0 Å². The van der Waals surface area contributed by atoms with E-state index < -0.39 is 96.7 Å². The van der Waals surface area contributed by atoms with Crippen LogP contribution in [0, 0.1) is 5.92 Å². The number of nitrogens with one attached hydrogen (secondary N) is 4. The SMILES string of the molecule is CC(C)C[C@H](NC(=O)[C@H](C)N(C)C(=O)[C@H](Cc1ccccc1)N(C)C(=O)CNC(=O)[C@H](C)N)C(=O)N(C)[C@@H](C)C(=O)N[C@@H](Cc1ccccc1)C(=O)NCC(=O)O. The predicted octanol–water partition coefficient (Wildman–Crippen LogP) is -0.327. The lowest BCUT2D eigenvalue weighted by Gasteiger charge is -2.34. The van der Waals surface area contributed by atoms with Gasteiger partial charge < -0.3 is 46.8 Å². The van der Waals surface area contributed by atoms with E-state index in [1.54, 1.807) is 54.6 Å². The molecule has 0 unspecified atom stereocenters. The van der Waals surface area contributed by atoms with Gasteiger partial charge in [0, 0.05) is 34.0 Å². The number of benzene rings is 2. The van der Waals surface area contributed by atoms with E-state index in [0.29, 0.717) is 5.56 Å². The molecule has 0 heterocycles. The van der Waals surface area contributed by atoms with E-state index in [2.05, 4.69) is 21.3 Å². The van der Waals surface area contributed by atoms with Gasteiger partial charge in [0.15, 0.2) is 0 Å². The van der Waals surface area contributed by atoms with E-state index in [1.807, 2.05) is 19.9 Å². The summed E-state index contributed by atoms with van der Waals surface area (Å²) in [6.07, 6.45) is 0.343. The molecule has 7 N–H and O–H groups in total. The summed E-state index contributed by atoms with van der Waals surface area (Å²) in [5.41, 5.74) is 7.05. The summed E-state index contributed by atoms with van der Waals surface area (Å²) < 4.78 is 0. The van der Waals surface area contributed by atoms with E-state index in [-0.39, 0.29) is 25.2 Å². The van der Waals surface area contributed by atoms with Gasteiger partial charge in [-0.05, 0) is 44.2 Å². The molecular formula is C40H58N8O9. The number of carboxylic acids is 1. The fourth-order valence-electron chi connectivity index (χ4n) is 5.69. The first kappa shape index (κ1) is 47.3. The fourth-order valence-corrected chi connectivity index (χ4v) is 5.69. The van der Waals surface area contributed by atoms with Gasteiger partial charge in [0.1, 0.15) is 36.8 Å². The summed E-state index contributed by atoms with van der Waals surface area (Å²) in [4.78, 5) is 108. The third kappa shape index (κ3) is 15.0. The van der Waals surface area contributed by atoms with Crippen molar-refractivity contribution in [3.8, 4) is 0 Å². The maximum atomic E-state index is 14.0. The average Bonchev–Trinajstić information content (AvgIpc) is 3.18. The zero-order chi connectivity index (χ0) is 43.0. The molecule has 0 spiro atoms. The third-order valence-corrected chi connectivity index (χ3v) is 9.51. The lowest BCUT2D eigenvalue weighted by molar-refractivity contribution is -0.148. The summed E-state index contributed by atoms with van der Waals surface area (Å²) in [5.74, 6) is -5.68. The van der Waals surface area contributed by atoms with Crippen molar-refractivity contribution < 1.29 is 43.5 Å². The van der Waals surface area contributed by atoms with Crippen molar-refractivity contribution in [1.82, 2.24) is 36.0 Å². The summed E-state index contributed by atoms with van der Waals surface area (Å²) in [6.45, 7) is 7.06. The Balaban J connectivity index is 2.25. The molecule has 2 aromatic rings. The van der Waals surface area contributed by atoms with Crippen LogP contribution in [-0.4, -0.2) is 138 Å². The minimum absolute atomic E-state index is 0.0544. The number of carbonyl (C=O) groups is 8. The Morgan fingerprint density at radius 1 is 0.596 bits per heavy atom. The Morgan fingerprint density at radius 3 is 1.53 bits per heavy atom. The number of carbonyl (C=O) groups excluding carboxylic acids is 7. The number of hydrogen-bond acceptors (Lipinski definition) is 9. The van der Waals surface area contributed by atoms with Crippen LogP contribution in [0.3, 0.4) is 0 Å². The van der Waals surface area contributed by atoms with Crippen LogP contribution in [0.1, 0.15) is 52.2 Å². The van der Waals surface area contributed by atoms with Gasteiger partial charge in [0.25, 0.3) is 0 Å². The minimum Gasteiger partial charge on any atom is -0.480 e. The van der Waals surface area contributed by atoms with Crippen LogP contribution in [-0.2, 0) is 51.2 Å². The van der Waals surface area contributed by atoms with Gasteiger partial charge in [-0.15, -0.1) is 0 Å². The van der Waals surface area contributed by atoms with Crippen LogP contribution in [0.15, 0.2) is 60.7 Å². The monoisotopic (exact) mass is 794 g/mol. The van der Waals surface area contributed by atoms with Crippen LogP contribution in [0.4, 0.5) is 0 Å². The maximum absolute atomic E-state index is 14.0. The number of amides is 7. The Kier molecular flexibility index (Phi) is 18.8. The highest BCUT2D eigenvalue weighted by Gasteiger charge is 2.36. The summed E-state index contributed by atoms with van der Waals surface area (Å²) in [7, 11) is 4.23. The van der Waals surface area contributed by atoms with E-state index >= 15 is 0 Å². The number of carboxylic acid groups (broad SMARTS) is 1. The molecule has 2 rings (SSSR count). The molecule has 17 heteroatoms. The summed E-state index contributed by atoms with van der Waals surface area (Å²) >= 11 is 0. The normalized spacial score (nSPS) is 14.1. The van der Waals surface area contributed by atoms with E-state index in [9.17, 15) is 38.4 Å². The zero-order valence-electron chi connectivity index (χ0n) is 34.0. The minimum atomic E-state index is -1.26.